The number of rotatable bonds is 2. The summed E-state index contributed by atoms with van der Waals surface area (Å²) in [4.78, 5) is 3.42. The van der Waals surface area contributed by atoms with Crippen molar-refractivity contribution < 1.29 is 9.47 Å². The molecule has 4 heteroatoms. The summed E-state index contributed by atoms with van der Waals surface area (Å²) in [7, 11) is 1.70. The topological polar surface area (TPSA) is 46.3 Å². The van der Waals surface area contributed by atoms with Crippen LogP contribution in [0.4, 0.5) is 0 Å². The van der Waals surface area contributed by atoms with Crippen molar-refractivity contribution in [1.29, 1.82) is 0 Å². The number of methoxy groups -OCH3 is 1. The van der Waals surface area contributed by atoms with E-state index in [9.17, 15) is 0 Å². The third-order valence-electron chi connectivity index (χ3n) is 3.36. The molecule has 1 aromatic heterocycles. The van der Waals surface area contributed by atoms with Crippen molar-refractivity contribution in [3.05, 3.63) is 30.0 Å². The summed E-state index contributed by atoms with van der Waals surface area (Å²) in [5.41, 5.74) is 2.21. The number of fused-ring (bicyclic) bond motifs is 1. The van der Waals surface area contributed by atoms with Gasteiger partial charge in [-0.3, -0.25) is 0 Å². The molecule has 0 bridgehead atoms. The van der Waals surface area contributed by atoms with Gasteiger partial charge in [0.25, 0.3) is 0 Å². The standard InChI is InChI=1S/C14H18N2O2/c1-17-13-5-2-4-11-10(13)8-12(16-11)14-9-15-6-3-7-18-14/h2,4-5,8,14-16H,3,6-7,9H2,1H3. The highest BCUT2D eigenvalue weighted by molar-refractivity contribution is 5.86. The van der Waals surface area contributed by atoms with Crippen LogP contribution in [0.5, 0.6) is 5.75 Å². The lowest BCUT2D eigenvalue weighted by Crippen LogP contribution is -2.20. The van der Waals surface area contributed by atoms with Crippen LogP contribution in [0.15, 0.2) is 24.3 Å². The Hall–Kier alpha value is -1.52. The summed E-state index contributed by atoms with van der Waals surface area (Å²) >= 11 is 0. The fourth-order valence-electron chi connectivity index (χ4n) is 2.42. The summed E-state index contributed by atoms with van der Waals surface area (Å²) in [6, 6.07) is 8.16. The maximum Gasteiger partial charge on any atom is 0.128 e. The highest BCUT2D eigenvalue weighted by atomic mass is 16.5. The Morgan fingerprint density at radius 3 is 3.22 bits per heavy atom. The Bertz CT molecular complexity index is 528. The van der Waals surface area contributed by atoms with Gasteiger partial charge in [0.2, 0.25) is 0 Å². The zero-order valence-corrected chi connectivity index (χ0v) is 10.5. The molecule has 1 aromatic carbocycles. The second-order valence-corrected chi connectivity index (χ2v) is 4.56. The van der Waals surface area contributed by atoms with Gasteiger partial charge < -0.3 is 19.8 Å². The van der Waals surface area contributed by atoms with E-state index in [0.717, 1.165) is 48.5 Å². The number of aromatic nitrogens is 1. The van der Waals surface area contributed by atoms with E-state index in [1.807, 2.05) is 12.1 Å². The van der Waals surface area contributed by atoms with Crippen molar-refractivity contribution in [3.8, 4) is 5.75 Å². The predicted molar refractivity (Wildman–Crippen MR) is 71.0 cm³/mol. The Morgan fingerprint density at radius 1 is 1.39 bits per heavy atom. The fraction of sp³-hybridized carbons (Fsp3) is 0.429. The summed E-state index contributed by atoms with van der Waals surface area (Å²) < 4.78 is 11.2. The Labute approximate surface area is 106 Å². The van der Waals surface area contributed by atoms with E-state index in [4.69, 9.17) is 9.47 Å². The number of ether oxygens (including phenoxy) is 2. The van der Waals surface area contributed by atoms with Crippen LogP contribution < -0.4 is 10.1 Å². The van der Waals surface area contributed by atoms with Crippen molar-refractivity contribution in [2.24, 2.45) is 0 Å². The first kappa shape index (κ1) is 11.6. The highest BCUT2D eigenvalue weighted by Gasteiger charge is 2.17. The Balaban J connectivity index is 1.96. The molecule has 0 aliphatic carbocycles. The second kappa shape index (κ2) is 5.00. The van der Waals surface area contributed by atoms with E-state index < -0.39 is 0 Å². The molecule has 0 amide bonds. The van der Waals surface area contributed by atoms with Gasteiger partial charge in [0.15, 0.2) is 0 Å². The van der Waals surface area contributed by atoms with E-state index in [1.54, 1.807) is 7.11 Å². The minimum absolute atomic E-state index is 0.101. The summed E-state index contributed by atoms with van der Waals surface area (Å²) in [6.07, 6.45) is 1.17. The van der Waals surface area contributed by atoms with Crippen LogP contribution in [0.1, 0.15) is 18.2 Å². The third-order valence-corrected chi connectivity index (χ3v) is 3.36. The molecule has 0 radical (unpaired) electrons. The monoisotopic (exact) mass is 246 g/mol. The molecular weight excluding hydrogens is 228 g/mol. The van der Waals surface area contributed by atoms with E-state index in [2.05, 4.69) is 22.4 Å². The molecule has 18 heavy (non-hydrogen) atoms. The molecule has 1 unspecified atom stereocenters. The first-order chi connectivity index (χ1) is 8.88. The van der Waals surface area contributed by atoms with Gasteiger partial charge in [-0.25, -0.2) is 0 Å². The number of hydrogen-bond donors (Lipinski definition) is 2. The molecule has 1 fully saturated rings. The third kappa shape index (κ3) is 2.09. The van der Waals surface area contributed by atoms with Gasteiger partial charge in [-0.2, -0.15) is 0 Å². The number of hydrogen-bond acceptors (Lipinski definition) is 3. The van der Waals surface area contributed by atoms with Gasteiger partial charge in [0.1, 0.15) is 11.9 Å². The quantitative estimate of drug-likeness (QED) is 0.854. The van der Waals surface area contributed by atoms with Gasteiger partial charge in [0, 0.05) is 29.7 Å². The van der Waals surface area contributed by atoms with E-state index >= 15 is 0 Å². The summed E-state index contributed by atoms with van der Waals surface area (Å²) in [5, 5.41) is 4.51. The average Bonchev–Trinajstić information content (AvgIpc) is 2.65. The first-order valence-corrected chi connectivity index (χ1v) is 6.36. The Kier molecular flexibility index (Phi) is 3.21. The molecule has 3 rings (SSSR count). The van der Waals surface area contributed by atoms with Gasteiger partial charge in [-0.1, -0.05) is 6.07 Å². The van der Waals surface area contributed by atoms with Crippen LogP contribution in [0.3, 0.4) is 0 Å². The number of nitrogens with one attached hydrogen (secondary N) is 2. The van der Waals surface area contributed by atoms with Crippen molar-refractivity contribution in [2.45, 2.75) is 12.5 Å². The molecule has 0 saturated carbocycles. The lowest BCUT2D eigenvalue weighted by molar-refractivity contribution is 0.0644. The molecule has 2 aromatic rings. The summed E-state index contributed by atoms with van der Waals surface area (Å²) in [5.74, 6) is 0.900. The lowest BCUT2D eigenvalue weighted by atomic mass is 10.2. The van der Waals surface area contributed by atoms with Gasteiger partial charge in [-0.05, 0) is 31.2 Å². The van der Waals surface area contributed by atoms with Crippen LogP contribution in [0.25, 0.3) is 10.9 Å². The van der Waals surface area contributed by atoms with Crippen molar-refractivity contribution in [2.75, 3.05) is 26.8 Å². The Morgan fingerprint density at radius 2 is 2.33 bits per heavy atom. The smallest absolute Gasteiger partial charge is 0.128 e. The van der Waals surface area contributed by atoms with E-state index in [1.165, 1.54) is 0 Å². The maximum atomic E-state index is 5.86. The zero-order chi connectivity index (χ0) is 12.4. The van der Waals surface area contributed by atoms with Crippen LogP contribution in [0.2, 0.25) is 0 Å². The average molecular weight is 246 g/mol. The van der Waals surface area contributed by atoms with Crippen LogP contribution in [0, 0.1) is 0 Å². The van der Waals surface area contributed by atoms with Crippen molar-refractivity contribution >= 4 is 10.9 Å². The van der Waals surface area contributed by atoms with E-state index in [-0.39, 0.29) is 6.10 Å². The van der Waals surface area contributed by atoms with Gasteiger partial charge in [-0.15, -0.1) is 0 Å². The minimum atomic E-state index is 0.101. The van der Waals surface area contributed by atoms with Crippen molar-refractivity contribution in [1.82, 2.24) is 10.3 Å². The largest absolute Gasteiger partial charge is 0.496 e. The minimum Gasteiger partial charge on any atom is -0.496 e. The molecule has 1 aliphatic rings. The van der Waals surface area contributed by atoms with Crippen LogP contribution >= 0.6 is 0 Å². The molecule has 1 aliphatic heterocycles. The van der Waals surface area contributed by atoms with Crippen LogP contribution in [-0.4, -0.2) is 31.8 Å². The summed E-state index contributed by atoms with van der Waals surface area (Å²) in [6.45, 7) is 2.69. The lowest BCUT2D eigenvalue weighted by Gasteiger charge is -2.12. The first-order valence-electron chi connectivity index (χ1n) is 6.36. The van der Waals surface area contributed by atoms with E-state index in [0.29, 0.717) is 0 Å². The SMILES string of the molecule is COc1cccc2[nH]c(C3CNCCCO3)cc12. The van der Waals surface area contributed by atoms with Gasteiger partial charge >= 0.3 is 0 Å². The second-order valence-electron chi connectivity index (χ2n) is 4.56. The highest BCUT2D eigenvalue weighted by Crippen LogP contribution is 2.29. The normalized spacial score (nSPS) is 20.8. The zero-order valence-electron chi connectivity index (χ0n) is 10.5. The predicted octanol–water partition coefficient (Wildman–Crippen LogP) is 2.23. The molecule has 1 atom stereocenters. The molecule has 0 spiro atoms. The molecule has 2 N–H and O–H groups in total. The fourth-order valence-corrected chi connectivity index (χ4v) is 2.42. The number of aromatic amines is 1. The molecule has 2 heterocycles. The molecule has 1 saturated heterocycles. The molecular formula is C14H18N2O2. The molecule has 96 valence electrons. The van der Waals surface area contributed by atoms with Gasteiger partial charge in [0.05, 0.1) is 7.11 Å². The van der Waals surface area contributed by atoms with Crippen LogP contribution in [-0.2, 0) is 4.74 Å². The molecule has 4 nitrogen and oxygen atoms in total. The van der Waals surface area contributed by atoms with Crippen molar-refractivity contribution in [3.63, 3.8) is 0 Å². The number of H-pyrrole nitrogens is 1. The maximum absolute atomic E-state index is 5.86. The number of benzene rings is 1.